The first-order valence-electron chi connectivity index (χ1n) is 7.53. The number of hydrogen-bond donors (Lipinski definition) is 1. The van der Waals surface area contributed by atoms with Gasteiger partial charge in [0.2, 0.25) is 0 Å². The van der Waals surface area contributed by atoms with Crippen molar-refractivity contribution in [3.05, 3.63) is 29.8 Å². The summed E-state index contributed by atoms with van der Waals surface area (Å²) in [6, 6.07) is 10.5. The first-order valence-corrected chi connectivity index (χ1v) is 7.53. The zero-order chi connectivity index (χ0) is 14.7. The Morgan fingerprint density at radius 1 is 1.29 bits per heavy atom. The van der Waals surface area contributed by atoms with E-state index in [9.17, 15) is 4.79 Å². The van der Waals surface area contributed by atoms with Crippen molar-refractivity contribution < 1.29 is 6.22 Å². The second-order valence-corrected chi connectivity index (χ2v) is 5.70. The summed E-state index contributed by atoms with van der Waals surface area (Å²) in [5.74, 6) is 0. The average Bonchev–Trinajstić information content (AvgIpc) is 2.67. The van der Waals surface area contributed by atoms with Gasteiger partial charge in [-0.1, -0.05) is 18.2 Å². The standard InChI is InChI=1S/C16H20N4O.H2/c17-8-12-19-9-6-14(7-10-19)20-11-5-13-3-1-2-4-15(13)18-16(20)21;/h1-4,14H,5-7,9-12H2,(H,18,21);1H. The lowest BCUT2D eigenvalue weighted by molar-refractivity contribution is 0.135. The normalized spacial score (nSPS) is 20.3. The predicted molar refractivity (Wildman–Crippen MR) is 83.1 cm³/mol. The minimum atomic E-state index is 0. The molecule has 0 aliphatic carbocycles. The molecule has 5 heteroatoms. The van der Waals surface area contributed by atoms with Crippen LogP contribution in [0.25, 0.3) is 0 Å². The third-order valence-corrected chi connectivity index (χ3v) is 4.43. The minimum absolute atomic E-state index is 0. The number of hydrogen-bond acceptors (Lipinski definition) is 3. The Morgan fingerprint density at radius 3 is 2.81 bits per heavy atom. The van der Waals surface area contributed by atoms with E-state index in [-0.39, 0.29) is 13.5 Å². The first kappa shape index (κ1) is 13.9. The molecule has 3 rings (SSSR count). The third-order valence-electron chi connectivity index (χ3n) is 4.43. The Labute approximate surface area is 126 Å². The number of rotatable bonds is 2. The molecule has 0 saturated carbocycles. The molecule has 1 N–H and O–H groups in total. The second kappa shape index (κ2) is 6.15. The quantitative estimate of drug-likeness (QED) is 0.849. The van der Waals surface area contributed by atoms with Gasteiger partial charge in [0.25, 0.3) is 0 Å². The van der Waals surface area contributed by atoms with E-state index in [1.165, 1.54) is 5.56 Å². The van der Waals surface area contributed by atoms with Crippen LogP contribution in [0.3, 0.4) is 0 Å². The summed E-state index contributed by atoms with van der Waals surface area (Å²) in [6.45, 7) is 3.06. The highest BCUT2D eigenvalue weighted by Gasteiger charge is 2.29. The SMILES string of the molecule is N#CCN1CCC(N2CCc3ccccc3NC2=O)CC1.[HH]. The van der Waals surface area contributed by atoms with Crippen LogP contribution in [-0.4, -0.2) is 48.1 Å². The van der Waals surface area contributed by atoms with Crippen LogP contribution in [0.2, 0.25) is 0 Å². The Bertz CT molecular complexity index is 564. The lowest BCUT2D eigenvalue weighted by Crippen LogP contribution is -2.48. The van der Waals surface area contributed by atoms with Crippen LogP contribution >= 0.6 is 0 Å². The molecule has 0 bridgehead atoms. The number of likely N-dealkylation sites (tertiary alicyclic amines) is 1. The van der Waals surface area contributed by atoms with Crippen LogP contribution < -0.4 is 5.32 Å². The van der Waals surface area contributed by atoms with Crippen molar-refractivity contribution in [2.75, 3.05) is 31.5 Å². The number of nitriles is 1. The number of carbonyl (C=O) groups excluding carboxylic acids is 1. The molecule has 1 fully saturated rings. The molecule has 2 amide bonds. The Hall–Kier alpha value is -2.06. The third kappa shape index (κ3) is 3.01. The largest absolute Gasteiger partial charge is 0.322 e. The Morgan fingerprint density at radius 2 is 2.05 bits per heavy atom. The molecule has 112 valence electrons. The molecule has 0 spiro atoms. The number of carbonyl (C=O) groups is 1. The van der Waals surface area contributed by atoms with Crippen LogP contribution in [0.1, 0.15) is 19.8 Å². The lowest BCUT2D eigenvalue weighted by Gasteiger charge is -2.37. The summed E-state index contributed by atoms with van der Waals surface area (Å²) < 4.78 is 0. The van der Waals surface area contributed by atoms with Crippen molar-refractivity contribution in [2.45, 2.75) is 25.3 Å². The fourth-order valence-electron chi connectivity index (χ4n) is 3.23. The highest BCUT2D eigenvalue weighted by atomic mass is 16.2. The molecule has 5 nitrogen and oxygen atoms in total. The molecule has 2 aliphatic heterocycles. The van der Waals surface area contributed by atoms with Crippen molar-refractivity contribution in [1.29, 1.82) is 5.26 Å². The summed E-state index contributed by atoms with van der Waals surface area (Å²) in [5.41, 5.74) is 2.14. The summed E-state index contributed by atoms with van der Waals surface area (Å²) in [7, 11) is 0. The van der Waals surface area contributed by atoms with Gasteiger partial charge < -0.3 is 10.2 Å². The molecular weight excluding hydrogens is 264 g/mol. The fraction of sp³-hybridized carbons (Fsp3) is 0.500. The van der Waals surface area contributed by atoms with E-state index < -0.39 is 0 Å². The van der Waals surface area contributed by atoms with Gasteiger partial charge in [0.1, 0.15) is 0 Å². The van der Waals surface area contributed by atoms with E-state index in [2.05, 4.69) is 22.4 Å². The first-order chi connectivity index (χ1) is 10.3. The van der Waals surface area contributed by atoms with Gasteiger partial charge >= 0.3 is 6.03 Å². The van der Waals surface area contributed by atoms with Crippen molar-refractivity contribution in [2.24, 2.45) is 0 Å². The summed E-state index contributed by atoms with van der Waals surface area (Å²) >= 11 is 0. The van der Waals surface area contributed by atoms with Crippen LogP contribution in [0, 0.1) is 11.3 Å². The van der Waals surface area contributed by atoms with Crippen LogP contribution in [0.15, 0.2) is 24.3 Å². The van der Waals surface area contributed by atoms with Gasteiger partial charge in [-0.15, -0.1) is 0 Å². The number of para-hydroxylation sites is 1. The lowest BCUT2D eigenvalue weighted by atomic mass is 10.0. The van der Waals surface area contributed by atoms with E-state index in [4.69, 9.17) is 5.26 Å². The number of fused-ring (bicyclic) bond motifs is 1. The molecule has 0 radical (unpaired) electrons. The number of anilines is 1. The molecule has 0 aromatic heterocycles. The van der Waals surface area contributed by atoms with Crippen LogP contribution in [0.4, 0.5) is 10.5 Å². The maximum absolute atomic E-state index is 12.4. The van der Waals surface area contributed by atoms with Gasteiger partial charge in [-0.3, -0.25) is 4.90 Å². The zero-order valence-corrected chi connectivity index (χ0v) is 12.1. The van der Waals surface area contributed by atoms with Crippen LogP contribution in [-0.2, 0) is 6.42 Å². The van der Waals surface area contributed by atoms with E-state index in [0.29, 0.717) is 6.54 Å². The van der Waals surface area contributed by atoms with E-state index in [1.54, 1.807) is 0 Å². The molecule has 0 unspecified atom stereocenters. The Balaban J connectivity index is 0.00000176. The number of nitrogens with one attached hydrogen (secondary N) is 1. The van der Waals surface area contributed by atoms with E-state index in [0.717, 1.165) is 44.6 Å². The molecule has 2 heterocycles. The molecule has 1 aromatic carbocycles. The van der Waals surface area contributed by atoms with Crippen molar-refractivity contribution in [3.63, 3.8) is 0 Å². The highest BCUT2D eigenvalue weighted by molar-refractivity contribution is 5.91. The second-order valence-electron chi connectivity index (χ2n) is 5.70. The zero-order valence-electron chi connectivity index (χ0n) is 12.1. The van der Waals surface area contributed by atoms with Gasteiger partial charge in [-0.2, -0.15) is 5.26 Å². The smallest absolute Gasteiger partial charge is 0.321 e. The summed E-state index contributed by atoms with van der Waals surface area (Å²) in [4.78, 5) is 16.6. The molecule has 0 atom stereocenters. The molecule has 21 heavy (non-hydrogen) atoms. The summed E-state index contributed by atoms with van der Waals surface area (Å²) in [6.07, 6.45) is 2.80. The Kier molecular flexibility index (Phi) is 4.07. The predicted octanol–water partition coefficient (Wildman–Crippen LogP) is 2.31. The number of benzene rings is 1. The maximum Gasteiger partial charge on any atom is 0.322 e. The fourth-order valence-corrected chi connectivity index (χ4v) is 3.23. The van der Waals surface area contributed by atoms with Gasteiger partial charge in [0, 0.05) is 32.8 Å². The number of amides is 2. The van der Waals surface area contributed by atoms with E-state index >= 15 is 0 Å². The molecule has 2 aliphatic rings. The topological polar surface area (TPSA) is 59.4 Å². The number of urea groups is 1. The highest BCUT2D eigenvalue weighted by Crippen LogP contribution is 2.24. The average molecular weight is 286 g/mol. The monoisotopic (exact) mass is 286 g/mol. The van der Waals surface area contributed by atoms with Gasteiger partial charge in [-0.05, 0) is 30.9 Å². The van der Waals surface area contributed by atoms with E-state index in [1.807, 2.05) is 23.1 Å². The van der Waals surface area contributed by atoms with Gasteiger partial charge in [0.15, 0.2) is 0 Å². The van der Waals surface area contributed by atoms with Crippen molar-refractivity contribution in [1.82, 2.24) is 9.80 Å². The molecule has 1 saturated heterocycles. The summed E-state index contributed by atoms with van der Waals surface area (Å²) in [5, 5.41) is 11.8. The van der Waals surface area contributed by atoms with Crippen molar-refractivity contribution in [3.8, 4) is 6.07 Å². The number of piperidine rings is 1. The molecule has 1 aromatic rings. The minimum Gasteiger partial charge on any atom is -0.321 e. The maximum atomic E-state index is 12.4. The molecular formula is C16H22N4O. The van der Waals surface area contributed by atoms with Crippen LogP contribution in [0.5, 0.6) is 0 Å². The van der Waals surface area contributed by atoms with Crippen molar-refractivity contribution >= 4 is 11.7 Å². The van der Waals surface area contributed by atoms with Gasteiger partial charge in [-0.25, -0.2) is 4.79 Å². The number of nitrogens with zero attached hydrogens (tertiary/aromatic N) is 3. The van der Waals surface area contributed by atoms with Gasteiger partial charge in [0.05, 0.1) is 12.6 Å².